The molecule has 2 heterocycles. The number of pyridine rings is 1. The van der Waals surface area contributed by atoms with E-state index in [-0.39, 0.29) is 0 Å². The van der Waals surface area contributed by atoms with E-state index in [1.54, 1.807) is 13.1 Å². The highest BCUT2D eigenvalue weighted by atomic mass is 16.4. The lowest BCUT2D eigenvalue weighted by atomic mass is 10.1. The number of carboxylic acid groups (broad SMARTS) is 1. The molecule has 0 aliphatic heterocycles. The highest BCUT2D eigenvalue weighted by molar-refractivity contribution is 5.91. The summed E-state index contributed by atoms with van der Waals surface area (Å²) in [6.45, 7) is 3.74. The average Bonchev–Trinajstić information content (AvgIpc) is 2.80. The van der Waals surface area contributed by atoms with Crippen molar-refractivity contribution in [1.29, 1.82) is 0 Å². The SMILES string of the molecule is Cc1cc(-n2cc(C)c(C(=O)O)c2)c2ccccc2n1. The van der Waals surface area contributed by atoms with Crippen LogP contribution in [0.3, 0.4) is 0 Å². The Morgan fingerprint density at radius 3 is 2.65 bits per heavy atom. The van der Waals surface area contributed by atoms with Crippen molar-refractivity contribution in [2.45, 2.75) is 13.8 Å². The number of hydrogen-bond donors (Lipinski definition) is 1. The number of carboxylic acids is 1. The van der Waals surface area contributed by atoms with Gasteiger partial charge < -0.3 is 9.67 Å². The zero-order valence-electron chi connectivity index (χ0n) is 11.3. The second-order valence-corrected chi connectivity index (χ2v) is 4.87. The van der Waals surface area contributed by atoms with Crippen LogP contribution < -0.4 is 0 Å². The van der Waals surface area contributed by atoms with Gasteiger partial charge in [-0.2, -0.15) is 0 Å². The predicted molar refractivity (Wildman–Crippen MR) is 77.5 cm³/mol. The highest BCUT2D eigenvalue weighted by Gasteiger charge is 2.12. The summed E-state index contributed by atoms with van der Waals surface area (Å²) in [5.41, 5.74) is 3.83. The van der Waals surface area contributed by atoms with E-state index in [1.807, 2.05) is 48.0 Å². The summed E-state index contributed by atoms with van der Waals surface area (Å²) in [4.78, 5) is 15.7. The first-order valence-corrected chi connectivity index (χ1v) is 6.35. The lowest BCUT2D eigenvalue weighted by Gasteiger charge is -2.08. The second-order valence-electron chi connectivity index (χ2n) is 4.87. The van der Waals surface area contributed by atoms with Crippen molar-refractivity contribution < 1.29 is 9.90 Å². The first kappa shape index (κ1) is 12.4. The van der Waals surface area contributed by atoms with Crippen molar-refractivity contribution >= 4 is 16.9 Å². The highest BCUT2D eigenvalue weighted by Crippen LogP contribution is 2.24. The van der Waals surface area contributed by atoms with E-state index in [4.69, 9.17) is 5.11 Å². The van der Waals surface area contributed by atoms with E-state index >= 15 is 0 Å². The molecule has 0 fully saturated rings. The summed E-state index contributed by atoms with van der Waals surface area (Å²) in [7, 11) is 0. The van der Waals surface area contributed by atoms with Crippen LogP contribution in [-0.2, 0) is 0 Å². The van der Waals surface area contributed by atoms with E-state index < -0.39 is 5.97 Å². The molecule has 3 rings (SSSR count). The van der Waals surface area contributed by atoms with Gasteiger partial charge >= 0.3 is 5.97 Å². The minimum atomic E-state index is -0.906. The topological polar surface area (TPSA) is 55.1 Å². The molecule has 0 unspecified atom stereocenters. The van der Waals surface area contributed by atoms with Crippen molar-refractivity contribution in [2.24, 2.45) is 0 Å². The quantitative estimate of drug-likeness (QED) is 0.774. The molecule has 1 N–H and O–H groups in total. The molecule has 0 spiro atoms. The van der Waals surface area contributed by atoms with E-state index in [2.05, 4.69) is 4.98 Å². The standard InChI is InChI=1S/C16H14N2O2/c1-10-8-18(9-13(10)16(19)20)15-7-11(2)17-14-6-4-3-5-12(14)15/h3-9H,1-2H3,(H,19,20). The summed E-state index contributed by atoms with van der Waals surface area (Å²) in [6.07, 6.45) is 3.49. The third kappa shape index (κ3) is 1.95. The number of fused-ring (bicyclic) bond motifs is 1. The van der Waals surface area contributed by atoms with Crippen LogP contribution in [0.1, 0.15) is 21.6 Å². The normalized spacial score (nSPS) is 10.9. The first-order valence-electron chi connectivity index (χ1n) is 6.35. The minimum Gasteiger partial charge on any atom is -0.478 e. The Labute approximate surface area is 116 Å². The number of aromatic carboxylic acids is 1. The molecule has 1 aromatic carbocycles. The molecule has 0 saturated carbocycles. The van der Waals surface area contributed by atoms with Gasteiger partial charge in [0.05, 0.1) is 16.8 Å². The summed E-state index contributed by atoms with van der Waals surface area (Å²) >= 11 is 0. The van der Waals surface area contributed by atoms with Gasteiger partial charge in [-0.15, -0.1) is 0 Å². The fraction of sp³-hybridized carbons (Fsp3) is 0.125. The van der Waals surface area contributed by atoms with Crippen LogP contribution in [0, 0.1) is 13.8 Å². The third-order valence-electron chi connectivity index (χ3n) is 3.36. The maximum atomic E-state index is 11.2. The molecule has 100 valence electrons. The summed E-state index contributed by atoms with van der Waals surface area (Å²) < 4.78 is 1.86. The van der Waals surface area contributed by atoms with E-state index in [1.165, 1.54) is 0 Å². The van der Waals surface area contributed by atoms with Gasteiger partial charge in [-0.3, -0.25) is 4.98 Å². The van der Waals surface area contributed by atoms with Crippen molar-refractivity contribution in [1.82, 2.24) is 9.55 Å². The third-order valence-corrected chi connectivity index (χ3v) is 3.36. The van der Waals surface area contributed by atoms with Gasteiger partial charge in [0.15, 0.2) is 0 Å². The number of carbonyl (C=O) groups is 1. The summed E-state index contributed by atoms with van der Waals surface area (Å²) in [5, 5.41) is 10.2. The predicted octanol–water partition coefficient (Wildman–Crippen LogP) is 3.34. The van der Waals surface area contributed by atoms with Gasteiger partial charge in [-0.1, -0.05) is 18.2 Å². The Morgan fingerprint density at radius 2 is 1.95 bits per heavy atom. The van der Waals surface area contributed by atoms with Crippen molar-refractivity contribution in [3.8, 4) is 5.69 Å². The molecule has 3 aromatic rings. The maximum Gasteiger partial charge on any atom is 0.337 e. The van der Waals surface area contributed by atoms with Crippen LogP contribution in [0.2, 0.25) is 0 Å². The number of nitrogens with zero attached hydrogens (tertiary/aromatic N) is 2. The van der Waals surface area contributed by atoms with Crippen LogP contribution in [0.25, 0.3) is 16.6 Å². The van der Waals surface area contributed by atoms with Gasteiger partial charge in [0, 0.05) is 23.5 Å². The number of benzene rings is 1. The molecule has 0 radical (unpaired) electrons. The van der Waals surface area contributed by atoms with Crippen LogP contribution in [0.4, 0.5) is 0 Å². The molecule has 0 atom stereocenters. The molecule has 4 nitrogen and oxygen atoms in total. The molecule has 0 saturated heterocycles. The molecular formula is C16H14N2O2. The fourth-order valence-corrected chi connectivity index (χ4v) is 2.42. The molecule has 0 amide bonds. The minimum absolute atomic E-state index is 0.323. The van der Waals surface area contributed by atoms with Gasteiger partial charge in [0.1, 0.15) is 0 Å². The largest absolute Gasteiger partial charge is 0.478 e. The summed E-state index contributed by atoms with van der Waals surface area (Å²) in [6, 6.07) is 9.82. The van der Waals surface area contributed by atoms with Gasteiger partial charge in [0.2, 0.25) is 0 Å². The van der Waals surface area contributed by atoms with E-state index in [9.17, 15) is 4.79 Å². The molecule has 2 aromatic heterocycles. The molecule has 0 aliphatic carbocycles. The second kappa shape index (κ2) is 4.49. The van der Waals surface area contributed by atoms with Crippen LogP contribution in [-0.4, -0.2) is 20.6 Å². The number of para-hydroxylation sites is 1. The van der Waals surface area contributed by atoms with Gasteiger partial charge in [-0.25, -0.2) is 4.79 Å². The fourth-order valence-electron chi connectivity index (χ4n) is 2.42. The zero-order valence-corrected chi connectivity index (χ0v) is 11.3. The van der Waals surface area contributed by atoms with Crippen molar-refractivity contribution in [2.75, 3.05) is 0 Å². The van der Waals surface area contributed by atoms with E-state index in [0.29, 0.717) is 5.56 Å². The Morgan fingerprint density at radius 1 is 1.20 bits per heavy atom. The van der Waals surface area contributed by atoms with Crippen LogP contribution >= 0.6 is 0 Å². The lowest BCUT2D eigenvalue weighted by molar-refractivity contribution is 0.0696. The average molecular weight is 266 g/mol. The van der Waals surface area contributed by atoms with E-state index in [0.717, 1.165) is 27.8 Å². The molecule has 4 heteroatoms. The Bertz CT molecular complexity index is 818. The van der Waals surface area contributed by atoms with Crippen molar-refractivity contribution in [3.05, 3.63) is 59.5 Å². The first-order chi connectivity index (χ1) is 9.56. The Kier molecular flexibility index (Phi) is 2.79. The van der Waals surface area contributed by atoms with Gasteiger partial charge in [-0.05, 0) is 31.5 Å². The van der Waals surface area contributed by atoms with Crippen molar-refractivity contribution in [3.63, 3.8) is 0 Å². The molecule has 0 bridgehead atoms. The lowest BCUT2D eigenvalue weighted by Crippen LogP contribution is -1.97. The number of aromatic nitrogens is 2. The maximum absolute atomic E-state index is 11.2. The number of rotatable bonds is 2. The Balaban J connectivity index is 2.29. The smallest absolute Gasteiger partial charge is 0.337 e. The number of aryl methyl sites for hydroxylation is 2. The van der Waals surface area contributed by atoms with Crippen LogP contribution in [0.5, 0.6) is 0 Å². The van der Waals surface area contributed by atoms with Gasteiger partial charge in [0.25, 0.3) is 0 Å². The Hall–Kier alpha value is -2.62. The number of hydrogen-bond acceptors (Lipinski definition) is 2. The monoisotopic (exact) mass is 266 g/mol. The summed E-state index contributed by atoms with van der Waals surface area (Å²) in [5.74, 6) is -0.906. The molecule has 0 aliphatic rings. The molecular weight excluding hydrogens is 252 g/mol. The molecule has 20 heavy (non-hydrogen) atoms. The zero-order chi connectivity index (χ0) is 14.3. The van der Waals surface area contributed by atoms with Crippen LogP contribution in [0.15, 0.2) is 42.7 Å².